The number of hydrogen-bond acceptors (Lipinski definition) is 3. The van der Waals surface area contributed by atoms with Crippen LogP contribution in [0, 0.1) is 12.7 Å². The lowest BCUT2D eigenvalue weighted by atomic mass is 10.1. The first kappa shape index (κ1) is 16.5. The zero-order valence-corrected chi connectivity index (χ0v) is 14.9. The third-order valence-corrected chi connectivity index (χ3v) is 4.62. The van der Waals surface area contributed by atoms with E-state index in [0.717, 1.165) is 27.7 Å². The predicted octanol–water partition coefficient (Wildman–Crippen LogP) is 5.40. The molecule has 130 valence electrons. The first-order valence-corrected chi connectivity index (χ1v) is 8.39. The van der Waals surface area contributed by atoms with Gasteiger partial charge < -0.3 is 9.72 Å². The van der Waals surface area contributed by atoms with E-state index in [1.165, 1.54) is 6.07 Å². The molecule has 3 aromatic heterocycles. The van der Waals surface area contributed by atoms with Crippen LogP contribution >= 0.6 is 11.6 Å². The Morgan fingerprint density at radius 2 is 1.96 bits per heavy atom. The van der Waals surface area contributed by atoms with Gasteiger partial charge in [-0.25, -0.2) is 9.37 Å². The number of H-pyrrole nitrogens is 1. The van der Waals surface area contributed by atoms with Gasteiger partial charge in [-0.15, -0.1) is 0 Å². The quantitative estimate of drug-likeness (QED) is 0.527. The highest BCUT2D eigenvalue weighted by atomic mass is 35.5. The fourth-order valence-electron chi connectivity index (χ4n) is 2.98. The van der Waals surface area contributed by atoms with Gasteiger partial charge in [0.2, 0.25) is 5.88 Å². The number of rotatable bonds is 3. The van der Waals surface area contributed by atoms with E-state index in [2.05, 4.69) is 15.0 Å². The van der Waals surface area contributed by atoms with Crippen molar-refractivity contribution in [2.75, 3.05) is 7.11 Å². The molecule has 0 amide bonds. The van der Waals surface area contributed by atoms with Crippen molar-refractivity contribution in [1.29, 1.82) is 0 Å². The van der Waals surface area contributed by atoms with Crippen molar-refractivity contribution in [2.24, 2.45) is 0 Å². The number of fused-ring (bicyclic) bond motifs is 1. The van der Waals surface area contributed by atoms with Gasteiger partial charge in [-0.2, -0.15) is 0 Å². The van der Waals surface area contributed by atoms with Crippen molar-refractivity contribution in [3.8, 4) is 28.4 Å². The molecule has 0 aliphatic carbocycles. The molecule has 0 bridgehead atoms. The molecule has 1 N–H and O–H groups in total. The maximum Gasteiger partial charge on any atom is 0.213 e. The third-order valence-electron chi connectivity index (χ3n) is 4.31. The smallest absolute Gasteiger partial charge is 0.213 e. The minimum atomic E-state index is -0.368. The predicted molar refractivity (Wildman–Crippen MR) is 101 cm³/mol. The maximum absolute atomic E-state index is 14.2. The van der Waals surface area contributed by atoms with Crippen LogP contribution in [-0.2, 0) is 0 Å². The number of pyridine rings is 2. The minimum absolute atomic E-state index is 0.356. The number of benzene rings is 1. The van der Waals surface area contributed by atoms with E-state index < -0.39 is 0 Å². The van der Waals surface area contributed by atoms with Crippen LogP contribution in [-0.4, -0.2) is 22.1 Å². The summed E-state index contributed by atoms with van der Waals surface area (Å²) in [5.41, 5.74) is 4.49. The van der Waals surface area contributed by atoms with Crippen molar-refractivity contribution in [2.45, 2.75) is 6.92 Å². The fraction of sp³-hybridized carbons (Fsp3) is 0.100. The molecule has 0 fully saturated rings. The summed E-state index contributed by atoms with van der Waals surface area (Å²) in [6.07, 6.45) is 3.47. The van der Waals surface area contributed by atoms with Crippen molar-refractivity contribution >= 4 is 22.5 Å². The lowest BCUT2D eigenvalue weighted by Gasteiger charge is -2.06. The summed E-state index contributed by atoms with van der Waals surface area (Å²) < 4.78 is 19.3. The number of nitrogens with one attached hydrogen (secondary N) is 1. The average molecular weight is 368 g/mol. The minimum Gasteiger partial charge on any atom is -0.481 e. The molecular weight excluding hydrogens is 353 g/mol. The normalized spacial score (nSPS) is 11.1. The number of methoxy groups -OCH3 is 1. The largest absolute Gasteiger partial charge is 0.481 e. The van der Waals surface area contributed by atoms with Crippen LogP contribution < -0.4 is 4.74 Å². The molecule has 0 saturated heterocycles. The molecule has 0 aliphatic heterocycles. The summed E-state index contributed by atoms with van der Waals surface area (Å²) in [6.45, 7) is 1.98. The number of hydrogen-bond donors (Lipinski definition) is 1. The Hall–Kier alpha value is -2.92. The van der Waals surface area contributed by atoms with E-state index in [1.807, 2.05) is 25.1 Å². The van der Waals surface area contributed by atoms with E-state index in [9.17, 15) is 4.39 Å². The van der Waals surface area contributed by atoms with Crippen LogP contribution in [0.15, 0.2) is 48.8 Å². The third kappa shape index (κ3) is 2.80. The summed E-state index contributed by atoms with van der Waals surface area (Å²) in [4.78, 5) is 11.9. The SMILES string of the molecule is COc1cc(C)c(-c2cc3cc(-c4c(F)cccc4Cl)[nH]c3cn2)cn1. The molecule has 4 aromatic rings. The van der Waals surface area contributed by atoms with E-state index in [0.29, 0.717) is 22.2 Å². The van der Waals surface area contributed by atoms with E-state index in [4.69, 9.17) is 16.3 Å². The molecule has 0 aliphatic rings. The van der Waals surface area contributed by atoms with Crippen molar-refractivity contribution in [1.82, 2.24) is 15.0 Å². The zero-order valence-electron chi connectivity index (χ0n) is 14.2. The Morgan fingerprint density at radius 1 is 1.12 bits per heavy atom. The highest BCUT2D eigenvalue weighted by Gasteiger charge is 2.14. The highest BCUT2D eigenvalue weighted by Crippen LogP contribution is 2.33. The van der Waals surface area contributed by atoms with Gasteiger partial charge in [-0.3, -0.25) is 4.98 Å². The molecule has 3 heterocycles. The molecule has 1 aromatic carbocycles. The number of aryl methyl sites for hydroxylation is 1. The van der Waals surface area contributed by atoms with Crippen LogP contribution in [0.2, 0.25) is 5.02 Å². The summed E-state index contributed by atoms with van der Waals surface area (Å²) in [6, 6.07) is 10.3. The molecule has 0 atom stereocenters. The van der Waals surface area contributed by atoms with Crippen molar-refractivity contribution in [3.63, 3.8) is 0 Å². The topological polar surface area (TPSA) is 50.8 Å². The molecule has 0 radical (unpaired) electrons. The Morgan fingerprint density at radius 3 is 2.69 bits per heavy atom. The average Bonchev–Trinajstić information content (AvgIpc) is 3.04. The molecule has 6 heteroatoms. The van der Waals surface area contributed by atoms with Gasteiger partial charge in [-0.05, 0) is 36.8 Å². The molecule has 26 heavy (non-hydrogen) atoms. The Bertz CT molecular complexity index is 1100. The maximum atomic E-state index is 14.2. The number of aromatic nitrogens is 3. The zero-order chi connectivity index (χ0) is 18.3. The van der Waals surface area contributed by atoms with Crippen LogP contribution in [0.1, 0.15) is 5.56 Å². The summed E-state index contributed by atoms with van der Waals surface area (Å²) in [5, 5.41) is 1.28. The Balaban J connectivity index is 1.82. The van der Waals surface area contributed by atoms with Gasteiger partial charge in [0.15, 0.2) is 0 Å². The van der Waals surface area contributed by atoms with E-state index in [-0.39, 0.29) is 5.82 Å². The fourth-order valence-corrected chi connectivity index (χ4v) is 3.24. The molecular formula is C20H15ClFN3O. The van der Waals surface area contributed by atoms with Gasteiger partial charge in [0.05, 0.1) is 40.8 Å². The molecule has 0 saturated carbocycles. The van der Waals surface area contributed by atoms with E-state index in [1.54, 1.807) is 31.6 Å². The number of halogens is 2. The summed E-state index contributed by atoms with van der Waals surface area (Å²) in [5.74, 6) is 0.192. The lowest BCUT2D eigenvalue weighted by Crippen LogP contribution is -1.92. The van der Waals surface area contributed by atoms with Crippen LogP contribution in [0.5, 0.6) is 5.88 Å². The van der Waals surface area contributed by atoms with E-state index >= 15 is 0 Å². The van der Waals surface area contributed by atoms with Gasteiger partial charge in [-0.1, -0.05) is 17.7 Å². The standard InChI is InChI=1S/C20H15ClFN3O/c1-11-6-19(26-2)24-9-13(11)16-7-12-8-17(25-18(12)10-23-16)20-14(21)4-3-5-15(20)22/h3-10,25H,1-2H3. The van der Waals surface area contributed by atoms with Crippen LogP contribution in [0.25, 0.3) is 33.4 Å². The van der Waals surface area contributed by atoms with Gasteiger partial charge in [0, 0.05) is 23.2 Å². The second kappa shape index (κ2) is 6.42. The molecule has 4 nitrogen and oxygen atoms in total. The first-order valence-electron chi connectivity index (χ1n) is 8.01. The monoisotopic (exact) mass is 367 g/mol. The lowest BCUT2D eigenvalue weighted by molar-refractivity contribution is 0.397. The Labute approximate surface area is 154 Å². The summed E-state index contributed by atoms with van der Waals surface area (Å²) in [7, 11) is 1.58. The number of aromatic amines is 1. The van der Waals surface area contributed by atoms with Crippen molar-refractivity contribution in [3.05, 3.63) is 65.2 Å². The molecule has 0 spiro atoms. The van der Waals surface area contributed by atoms with Crippen LogP contribution in [0.3, 0.4) is 0 Å². The number of ether oxygens (including phenoxy) is 1. The van der Waals surface area contributed by atoms with Gasteiger partial charge in [0.25, 0.3) is 0 Å². The summed E-state index contributed by atoms with van der Waals surface area (Å²) >= 11 is 6.17. The second-order valence-corrected chi connectivity index (χ2v) is 6.39. The second-order valence-electron chi connectivity index (χ2n) is 5.98. The van der Waals surface area contributed by atoms with Gasteiger partial charge >= 0.3 is 0 Å². The van der Waals surface area contributed by atoms with Crippen LogP contribution in [0.4, 0.5) is 4.39 Å². The molecule has 4 rings (SSSR count). The molecule has 0 unspecified atom stereocenters. The van der Waals surface area contributed by atoms with Gasteiger partial charge in [0.1, 0.15) is 5.82 Å². The van der Waals surface area contributed by atoms with Crippen molar-refractivity contribution < 1.29 is 9.13 Å². The first-order chi connectivity index (χ1) is 12.6. The number of nitrogens with zero attached hydrogens (tertiary/aromatic N) is 2. The highest BCUT2D eigenvalue weighted by molar-refractivity contribution is 6.33. The Kier molecular flexibility index (Phi) is 4.09.